The van der Waals surface area contributed by atoms with Gasteiger partial charge in [-0.1, -0.05) is 6.07 Å². The van der Waals surface area contributed by atoms with Crippen LogP contribution in [0.2, 0.25) is 0 Å². The number of hydrogen-bond acceptors (Lipinski definition) is 6. The summed E-state index contributed by atoms with van der Waals surface area (Å²) < 4.78 is 21.8. The number of nitrogens with zero attached hydrogens (tertiary/aromatic N) is 3. The van der Waals surface area contributed by atoms with Gasteiger partial charge in [0, 0.05) is 14.1 Å². The van der Waals surface area contributed by atoms with Gasteiger partial charge in [-0.25, -0.2) is 4.79 Å². The minimum atomic E-state index is -0.611. The van der Waals surface area contributed by atoms with Crippen LogP contribution in [0.15, 0.2) is 52.1 Å². The molecule has 2 aromatic carbocycles. The first-order valence-corrected chi connectivity index (χ1v) is 11.6. The zero-order valence-electron chi connectivity index (χ0n) is 21.2. The van der Waals surface area contributed by atoms with Crippen molar-refractivity contribution in [1.29, 1.82) is 0 Å². The largest absolute Gasteiger partial charge is 0.504 e. The number of rotatable bonds is 4. The molecule has 0 saturated carbocycles. The van der Waals surface area contributed by atoms with Crippen LogP contribution in [-0.2, 0) is 24.4 Å². The van der Waals surface area contributed by atoms with Crippen LogP contribution in [0.3, 0.4) is 0 Å². The summed E-state index contributed by atoms with van der Waals surface area (Å²) in [6.07, 6.45) is -0.611. The highest BCUT2D eigenvalue weighted by Gasteiger charge is 2.40. The summed E-state index contributed by atoms with van der Waals surface area (Å²) in [6, 6.07) is 12.6. The average Bonchev–Trinajstić information content (AvgIpc) is 3.24. The fourth-order valence-electron chi connectivity index (χ4n) is 5.13. The van der Waals surface area contributed by atoms with Crippen molar-refractivity contribution in [2.45, 2.75) is 25.5 Å². The number of ether oxygens (including phenoxy) is 3. The maximum Gasteiger partial charge on any atom is 0.331 e. The molecular formula is C27H29N3O6. The Labute approximate surface area is 207 Å². The molecule has 0 fully saturated rings. The molecule has 0 aliphatic carbocycles. The lowest BCUT2D eigenvalue weighted by Crippen LogP contribution is -2.40. The van der Waals surface area contributed by atoms with Crippen molar-refractivity contribution in [1.82, 2.24) is 13.7 Å². The van der Waals surface area contributed by atoms with E-state index in [4.69, 9.17) is 14.2 Å². The number of hydrogen-bond donors (Lipinski definition) is 1. The maximum atomic E-state index is 13.7. The molecule has 36 heavy (non-hydrogen) atoms. The van der Waals surface area contributed by atoms with Crippen molar-refractivity contribution in [3.63, 3.8) is 0 Å². The second-order valence-electron chi connectivity index (χ2n) is 9.66. The van der Waals surface area contributed by atoms with Gasteiger partial charge in [0.15, 0.2) is 11.5 Å². The number of benzene rings is 2. The quantitative estimate of drug-likeness (QED) is 0.471. The van der Waals surface area contributed by atoms with Crippen LogP contribution >= 0.6 is 0 Å². The number of phenolic OH excluding ortho intramolecular Hbond substituents is 1. The first-order valence-electron chi connectivity index (χ1n) is 11.6. The summed E-state index contributed by atoms with van der Waals surface area (Å²) in [5.74, 6) is 1.02. The van der Waals surface area contributed by atoms with Crippen molar-refractivity contribution >= 4 is 10.9 Å². The Hall–Kier alpha value is -3.98. The van der Waals surface area contributed by atoms with Gasteiger partial charge in [0.2, 0.25) is 0 Å². The van der Waals surface area contributed by atoms with Gasteiger partial charge in [0.05, 0.1) is 48.7 Å². The number of phenols is 1. The molecule has 1 atom stereocenters. The summed E-state index contributed by atoms with van der Waals surface area (Å²) in [6.45, 7) is 4.43. The van der Waals surface area contributed by atoms with Crippen LogP contribution in [0, 0.1) is 0 Å². The molecule has 9 nitrogen and oxygen atoms in total. The molecule has 1 aliphatic rings. The van der Waals surface area contributed by atoms with Crippen LogP contribution in [0.4, 0.5) is 0 Å². The number of aromatic hydroxyl groups is 1. The van der Waals surface area contributed by atoms with E-state index < -0.39 is 17.3 Å². The fourth-order valence-corrected chi connectivity index (χ4v) is 5.13. The molecule has 1 N–H and O–H groups in total. The Kier molecular flexibility index (Phi) is 5.48. The van der Waals surface area contributed by atoms with Gasteiger partial charge in [0.1, 0.15) is 11.9 Å². The zero-order valence-corrected chi connectivity index (χ0v) is 21.2. The van der Waals surface area contributed by atoms with E-state index in [1.165, 1.54) is 18.7 Å². The van der Waals surface area contributed by atoms with E-state index in [0.717, 1.165) is 15.7 Å². The Bertz CT molecular complexity index is 1610. The van der Waals surface area contributed by atoms with Crippen LogP contribution in [0.1, 0.15) is 31.2 Å². The van der Waals surface area contributed by atoms with Gasteiger partial charge in [-0.3, -0.25) is 13.9 Å². The second-order valence-corrected chi connectivity index (χ2v) is 9.66. The molecule has 5 rings (SSSR count). The number of aryl methyl sites for hydroxylation is 1. The molecule has 1 aliphatic heterocycles. The van der Waals surface area contributed by atoms with Crippen molar-refractivity contribution in [2.75, 3.05) is 20.8 Å². The Morgan fingerprint density at radius 2 is 1.69 bits per heavy atom. The van der Waals surface area contributed by atoms with Gasteiger partial charge in [-0.05, 0) is 61.4 Å². The molecule has 9 heteroatoms. The van der Waals surface area contributed by atoms with Gasteiger partial charge in [-0.2, -0.15) is 0 Å². The lowest BCUT2D eigenvalue weighted by Gasteiger charge is -2.39. The topological polar surface area (TPSA) is 96.9 Å². The number of aromatic nitrogens is 3. The third-order valence-corrected chi connectivity index (χ3v) is 6.94. The highest BCUT2D eigenvalue weighted by molar-refractivity contribution is 5.97. The van der Waals surface area contributed by atoms with Crippen molar-refractivity contribution < 1.29 is 19.3 Å². The molecule has 1 unspecified atom stereocenters. The first-order chi connectivity index (χ1) is 17.1. The van der Waals surface area contributed by atoms with E-state index in [0.29, 0.717) is 40.4 Å². The minimum absolute atomic E-state index is 0.0119. The first kappa shape index (κ1) is 23.7. The highest BCUT2D eigenvalue weighted by Crippen LogP contribution is 2.46. The van der Waals surface area contributed by atoms with Crippen molar-refractivity contribution in [2.24, 2.45) is 14.1 Å². The van der Waals surface area contributed by atoms with Gasteiger partial charge < -0.3 is 23.9 Å². The molecular weight excluding hydrogens is 462 g/mol. The Morgan fingerprint density at radius 3 is 2.33 bits per heavy atom. The van der Waals surface area contributed by atoms with Crippen LogP contribution in [0.5, 0.6) is 17.2 Å². The zero-order chi connectivity index (χ0) is 25.9. The van der Waals surface area contributed by atoms with Crippen LogP contribution in [-0.4, -0.2) is 39.6 Å². The SMILES string of the molecule is COc1ccc(-c2c3c(=O)n(C)c(=O)n(C)c3c3n2C(C)(C)COC3c2ccc(O)c(OC)c2)cc1. The molecule has 0 amide bonds. The van der Waals surface area contributed by atoms with E-state index in [1.807, 2.05) is 38.1 Å². The Balaban J connectivity index is 1.95. The van der Waals surface area contributed by atoms with E-state index in [9.17, 15) is 14.7 Å². The van der Waals surface area contributed by atoms with Crippen LogP contribution < -0.4 is 20.7 Å². The fraction of sp³-hybridized carbons (Fsp3) is 0.333. The van der Waals surface area contributed by atoms with Crippen molar-refractivity contribution in [3.8, 4) is 28.5 Å². The summed E-state index contributed by atoms with van der Waals surface area (Å²) in [5.41, 5.74) is 2.13. The lowest BCUT2D eigenvalue weighted by molar-refractivity contribution is -0.00716. The summed E-state index contributed by atoms with van der Waals surface area (Å²) >= 11 is 0. The van der Waals surface area contributed by atoms with E-state index in [-0.39, 0.29) is 11.3 Å². The maximum absolute atomic E-state index is 13.7. The van der Waals surface area contributed by atoms with Crippen LogP contribution in [0.25, 0.3) is 22.2 Å². The Morgan fingerprint density at radius 1 is 1.00 bits per heavy atom. The van der Waals surface area contributed by atoms with Gasteiger partial charge >= 0.3 is 5.69 Å². The third-order valence-electron chi connectivity index (χ3n) is 6.94. The van der Waals surface area contributed by atoms with E-state index in [1.54, 1.807) is 32.4 Å². The number of methoxy groups -OCH3 is 2. The van der Waals surface area contributed by atoms with Crippen molar-refractivity contribution in [3.05, 3.63) is 74.6 Å². The summed E-state index contributed by atoms with van der Waals surface area (Å²) in [7, 11) is 6.24. The predicted molar refractivity (Wildman–Crippen MR) is 136 cm³/mol. The normalized spacial score (nSPS) is 16.7. The summed E-state index contributed by atoms with van der Waals surface area (Å²) in [4.78, 5) is 26.7. The third kappa shape index (κ3) is 3.34. The molecule has 0 bridgehead atoms. The molecule has 2 aromatic heterocycles. The minimum Gasteiger partial charge on any atom is -0.504 e. The van der Waals surface area contributed by atoms with E-state index in [2.05, 4.69) is 4.57 Å². The number of fused-ring (bicyclic) bond motifs is 3. The molecule has 188 valence electrons. The predicted octanol–water partition coefficient (Wildman–Crippen LogP) is 3.28. The molecule has 0 spiro atoms. The second kappa shape index (κ2) is 8.30. The average molecular weight is 492 g/mol. The molecule has 3 heterocycles. The standard InChI is InChI=1S/C27H29N3O6/c1-27(2)14-36-24(16-9-12-18(31)19(13-16)35-6)23-22-20(25(32)29(4)26(33)28(22)3)21(30(23)27)15-7-10-17(34-5)11-8-15/h7-13,24,31H,14H2,1-6H3. The lowest BCUT2D eigenvalue weighted by atomic mass is 9.97. The molecule has 0 saturated heterocycles. The highest BCUT2D eigenvalue weighted by atomic mass is 16.5. The van der Waals surface area contributed by atoms with Gasteiger partial charge in [-0.15, -0.1) is 0 Å². The molecule has 4 aromatic rings. The molecule has 0 radical (unpaired) electrons. The monoisotopic (exact) mass is 491 g/mol. The summed E-state index contributed by atoms with van der Waals surface area (Å²) in [5, 5.41) is 10.6. The van der Waals surface area contributed by atoms with E-state index >= 15 is 0 Å². The van der Waals surface area contributed by atoms with Gasteiger partial charge in [0.25, 0.3) is 5.56 Å². The smallest absolute Gasteiger partial charge is 0.331 e.